The summed E-state index contributed by atoms with van der Waals surface area (Å²) in [5.41, 5.74) is 7.99. The third-order valence-corrected chi connectivity index (χ3v) is 5.56. The standard InChI is InChI=1S/C20H30N4O2/c1-16-3-2-4-17(13-16)14-23-9-11-24(12-10-23)19(25)15-22-7-5-18(6-8-22)20(21)26/h2-4,13,18H,5-12,14-15H2,1H3,(H2,21,26). The number of nitrogens with two attached hydrogens (primary N) is 1. The van der Waals surface area contributed by atoms with Gasteiger partial charge in [-0.1, -0.05) is 29.8 Å². The number of aryl methyl sites for hydroxylation is 1. The first-order valence-electron chi connectivity index (χ1n) is 9.58. The van der Waals surface area contributed by atoms with Gasteiger partial charge in [-0.05, 0) is 38.4 Å². The van der Waals surface area contributed by atoms with Crippen LogP contribution in [0.2, 0.25) is 0 Å². The summed E-state index contributed by atoms with van der Waals surface area (Å²) in [6.45, 7) is 8.52. The second-order valence-corrected chi connectivity index (χ2v) is 7.60. The molecule has 0 bridgehead atoms. The van der Waals surface area contributed by atoms with Crippen molar-refractivity contribution in [3.05, 3.63) is 35.4 Å². The lowest BCUT2D eigenvalue weighted by Crippen LogP contribution is -2.51. The molecule has 2 fully saturated rings. The summed E-state index contributed by atoms with van der Waals surface area (Å²) in [5.74, 6) is -0.0232. The Kier molecular flexibility index (Phi) is 6.27. The minimum Gasteiger partial charge on any atom is -0.369 e. The molecule has 2 aliphatic heterocycles. The van der Waals surface area contributed by atoms with Gasteiger partial charge in [-0.15, -0.1) is 0 Å². The SMILES string of the molecule is Cc1cccc(CN2CCN(C(=O)CN3CCC(C(N)=O)CC3)CC2)c1. The molecule has 6 nitrogen and oxygen atoms in total. The Morgan fingerprint density at radius 1 is 1.04 bits per heavy atom. The third kappa shape index (κ3) is 5.05. The lowest BCUT2D eigenvalue weighted by atomic mass is 9.96. The first-order valence-corrected chi connectivity index (χ1v) is 9.58. The minimum atomic E-state index is -0.208. The fourth-order valence-corrected chi connectivity index (χ4v) is 3.89. The fourth-order valence-electron chi connectivity index (χ4n) is 3.89. The van der Waals surface area contributed by atoms with Gasteiger partial charge in [-0.2, -0.15) is 0 Å². The number of hydrogen-bond donors (Lipinski definition) is 1. The summed E-state index contributed by atoms with van der Waals surface area (Å²) in [6, 6.07) is 8.62. The Morgan fingerprint density at radius 3 is 2.35 bits per heavy atom. The number of carbonyl (C=O) groups excluding carboxylic acids is 2. The van der Waals surface area contributed by atoms with Gasteiger partial charge < -0.3 is 10.6 Å². The molecule has 2 saturated heterocycles. The number of likely N-dealkylation sites (tertiary alicyclic amines) is 1. The van der Waals surface area contributed by atoms with Crippen molar-refractivity contribution >= 4 is 11.8 Å². The summed E-state index contributed by atoms with van der Waals surface area (Å²) in [4.78, 5) is 30.3. The molecule has 0 atom stereocenters. The van der Waals surface area contributed by atoms with Crippen LogP contribution in [0.3, 0.4) is 0 Å². The molecule has 142 valence electrons. The van der Waals surface area contributed by atoms with Gasteiger partial charge in [-0.3, -0.25) is 19.4 Å². The van der Waals surface area contributed by atoms with Crippen molar-refractivity contribution in [3.63, 3.8) is 0 Å². The number of primary amides is 1. The highest BCUT2D eigenvalue weighted by molar-refractivity contribution is 5.79. The quantitative estimate of drug-likeness (QED) is 0.847. The topological polar surface area (TPSA) is 69.9 Å². The van der Waals surface area contributed by atoms with E-state index in [4.69, 9.17) is 5.73 Å². The minimum absolute atomic E-state index is 0.0217. The molecule has 2 heterocycles. The van der Waals surface area contributed by atoms with Gasteiger partial charge in [0.2, 0.25) is 11.8 Å². The van der Waals surface area contributed by atoms with E-state index < -0.39 is 0 Å². The molecule has 3 rings (SSSR count). The van der Waals surface area contributed by atoms with Crippen LogP contribution in [0.25, 0.3) is 0 Å². The summed E-state index contributed by atoms with van der Waals surface area (Å²) in [5, 5.41) is 0. The number of carbonyl (C=O) groups is 2. The first kappa shape index (κ1) is 18.9. The van der Waals surface area contributed by atoms with E-state index in [0.29, 0.717) is 6.54 Å². The molecule has 0 radical (unpaired) electrons. The molecule has 2 amide bonds. The summed E-state index contributed by atoms with van der Waals surface area (Å²) in [7, 11) is 0. The van der Waals surface area contributed by atoms with E-state index in [-0.39, 0.29) is 17.7 Å². The molecule has 1 aromatic rings. The molecule has 0 saturated carbocycles. The number of piperidine rings is 1. The maximum atomic E-state index is 12.6. The van der Waals surface area contributed by atoms with E-state index in [1.165, 1.54) is 11.1 Å². The van der Waals surface area contributed by atoms with Gasteiger partial charge in [0.05, 0.1) is 6.54 Å². The largest absolute Gasteiger partial charge is 0.369 e. The van der Waals surface area contributed by atoms with Gasteiger partial charge in [0.15, 0.2) is 0 Å². The second-order valence-electron chi connectivity index (χ2n) is 7.60. The van der Waals surface area contributed by atoms with Crippen molar-refractivity contribution in [1.82, 2.24) is 14.7 Å². The number of rotatable bonds is 5. The Balaban J connectivity index is 1.40. The molecule has 0 aliphatic carbocycles. The Labute approximate surface area is 155 Å². The molecule has 2 aliphatic rings. The van der Waals surface area contributed by atoms with Crippen LogP contribution in [0.4, 0.5) is 0 Å². The number of hydrogen-bond acceptors (Lipinski definition) is 4. The van der Waals surface area contributed by atoms with Gasteiger partial charge >= 0.3 is 0 Å². The van der Waals surface area contributed by atoms with E-state index in [2.05, 4.69) is 41.0 Å². The highest BCUT2D eigenvalue weighted by Gasteiger charge is 2.27. The van der Waals surface area contributed by atoms with E-state index >= 15 is 0 Å². The van der Waals surface area contributed by atoms with Crippen molar-refractivity contribution in [2.45, 2.75) is 26.3 Å². The Bertz CT molecular complexity index is 632. The summed E-state index contributed by atoms with van der Waals surface area (Å²) < 4.78 is 0. The highest BCUT2D eigenvalue weighted by Crippen LogP contribution is 2.17. The fraction of sp³-hybridized carbons (Fsp3) is 0.600. The van der Waals surface area contributed by atoms with Crippen molar-refractivity contribution < 1.29 is 9.59 Å². The zero-order chi connectivity index (χ0) is 18.5. The van der Waals surface area contributed by atoms with Crippen LogP contribution < -0.4 is 5.73 Å². The van der Waals surface area contributed by atoms with Crippen molar-refractivity contribution in [3.8, 4) is 0 Å². The van der Waals surface area contributed by atoms with Crippen LogP contribution in [0, 0.1) is 12.8 Å². The molecular weight excluding hydrogens is 328 g/mol. The van der Waals surface area contributed by atoms with Crippen molar-refractivity contribution in [2.24, 2.45) is 11.7 Å². The van der Waals surface area contributed by atoms with Crippen LogP contribution in [0.1, 0.15) is 24.0 Å². The third-order valence-electron chi connectivity index (χ3n) is 5.56. The molecular formula is C20H30N4O2. The second kappa shape index (κ2) is 8.64. The predicted octanol–water partition coefficient (Wildman–Crippen LogP) is 0.837. The summed E-state index contributed by atoms with van der Waals surface area (Å²) >= 11 is 0. The zero-order valence-electron chi connectivity index (χ0n) is 15.7. The lowest BCUT2D eigenvalue weighted by molar-refractivity contribution is -0.134. The average molecular weight is 358 g/mol. The molecule has 2 N–H and O–H groups in total. The molecule has 6 heteroatoms. The number of amides is 2. The average Bonchev–Trinajstić information content (AvgIpc) is 2.63. The van der Waals surface area contributed by atoms with Crippen LogP contribution in [0.15, 0.2) is 24.3 Å². The zero-order valence-corrected chi connectivity index (χ0v) is 15.7. The van der Waals surface area contributed by atoms with Crippen LogP contribution in [0.5, 0.6) is 0 Å². The molecule has 0 aromatic heterocycles. The van der Waals surface area contributed by atoms with Gasteiger partial charge in [0.25, 0.3) is 0 Å². The maximum Gasteiger partial charge on any atom is 0.236 e. The predicted molar refractivity (Wildman–Crippen MR) is 101 cm³/mol. The molecule has 0 unspecified atom stereocenters. The van der Waals surface area contributed by atoms with E-state index in [0.717, 1.165) is 58.7 Å². The smallest absolute Gasteiger partial charge is 0.236 e. The maximum absolute atomic E-state index is 12.6. The monoisotopic (exact) mass is 358 g/mol. The van der Waals surface area contributed by atoms with E-state index in [9.17, 15) is 9.59 Å². The van der Waals surface area contributed by atoms with Crippen molar-refractivity contribution in [1.29, 1.82) is 0 Å². The van der Waals surface area contributed by atoms with Crippen LogP contribution in [-0.2, 0) is 16.1 Å². The van der Waals surface area contributed by atoms with Gasteiger partial charge in [0.1, 0.15) is 0 Å². The van der Waals surface area contributed by atoms with Crippen LogP contribution in [-0.4, -0.2) is 72.3 Å². The van der Waals surface area contributed by atoms with E-state index in [1.807, 2.05) is 4.90 Å². The number of benzene rings is 1. The Hall–Kier alpha value is -1.92. The number of piperazine rings is 1. The first-order chi connectivity index (χ1) is 12.5. The number of nitrogens with zero attached hydrogens (tertiary/aromatic N) is 3. The molecule has 26 heavy (non-hydrogen) atoms. The lowest BCUT2D eigenvalue weighted by Gasteiger charge is -2.37. The normalized spacial score (nSPS) is 20.3. The van der Waals surface area contributed by atoms with Gasteiger partial charge in [-0.25, -0.2) is 0 Å². The van der Waals surface area contributed by atoms with Crippen molar-refractivity contribution in [2.75, 3.05) is 45.8 Å². The highest BCUT2D eigenvalue weighted by atomic mass is 16.2. The van der Waals surface area contributed by atoms with Gasteiger partial charge in [0, 0.05) is 38.6 Å². The molecule has 1 aromatic carbocycles. The van der Waals surface area contributed by atoms with Crippen LogP contribution >= 0.6 is 0 Å². The Morgan fingerprint density at radius 2 is 1.73 bits per heavy atom. The van der Waals surface area contributed by atoms with E-state index in [1.54, 1.807) is 0 Å². The molecule has 0 spiro atoms. The summed E-state index contributed by atoms with van der Waals surface area (Å²) in [6.07, 6.45) is 1.54.